The Kier molecular flexibility index (Phi) is 4.58. The lowest BCUT2D eigenvalue weighted by Gasteiger charge is -2.17. The quantitative estimate of drug-likeness (QED) is 0.691. The van der Waals surface area contributed by atoms with E-state index in [1.165, 1.54) is 23.3 Å². The molecule has 26 heavy (non-hydrogen) atoms. The van der Waals surface area contributed by atoms with E-state index in [-0.39, 0.29) is 0 Å². The Balaban J connectivity index is 1.77. The van der Waals surface area contributed by atoms with E-state index in [1.807, 2.05) is 17.9 Å². The second kappa shape index (κ2) is 6.89. The number of anilines is 1. The van der Waals surface area contributed by atoms with Crippen LogP contribution in [0.5, 0.6) is 0 Å². The molecule has 4 heterocycles. The number of rotatable bonds is 5. The van der Waals surface area contributed by atoms with Gasteiger partial charge in [0.05, 0.1) is 10.6 Å². The number of hydrogen-bond acceptors (Lipinski definition) is 5. The Bertz CT molecular complexity index is 897. The van der Waals surface area contributed by atoms with Crippen LogP contribution >= 0.6 is 11.3 Å². The molecular weight excluding hydrogens is 344 g/mol. The van der Waals surface area contributed by atoms with Gasteiger partial charge in [-0.3, -0.25) is 9.25 Å². The zero-order chi connectivity index (χ0) is 18.3. The van der Waals surface area contributed by atoms with Crippen LogP contribution in [0, 0.1) is 6.92 Å². The molecule has 0 aliphatic carbocycles. The van der Waals surface area contributed by atoms with Gasteiger partial charge in [0.25, 0.3) is 0 Å². The number of imidazole rings is 1. The first-order chi connectivity index (χ1) is 12.5. The molecule has 1 aliphatic rings. The van der Waals surface area contributed by atoms with Crippen molar-refractivity contribution >= 4 is 17.2 Å². The van der Waals surface area contributed by atoms with Crippen LogP contribution in [0.2, 0.25) is 0 Å². The summed E-state index contributed by atoms with van der Waals surface area (Å²) in [6, 6.07) is 2.25. The zero-order valence-electron chi connectivity index (χ0n) is 15.9. The third-order valence-electron chi connectivity index (χ3n) is 4.94. The number of aromatic nitrogens is 4. The van der Waals surface area contributed by atoms with Gasteiger partial charge in [-0.2, -0.15) is 5.10 Å². The number of thiophene rings is 1. The maximum absolute atomic E-state index is 4.82. The fourth-order valence-corrected chi connectivity index (χ4v) is 4.51. The summed E-state index contributed by atoms with van der Waals surface area (Å²) in [4.78, 5) is 10.5. The van der Waals surface area contributed by atoms with E-state index >= 15 is 0 Å². The third-order valence-corrected chi connectivity index (χ3v) is 5.92. The summed E-state index contributed by atoms with van der Waals surface area (Å²) in [6.45, 7) is 5.25. The van der Waals surface area contributed by atoms with Crippen LogP contribution in [-0.4, -0.2) is 51.4 Å². The van der Waals surface area contributed by atoms with Crippen molar-refractivity contribution in [2.75, 3.05) is 32.1 Å². The Hall–Kier alpha value is -2.12. The predicted molar refractivity (Wildman–Crippen MR) is 107 cm³/mol. The minimum atomic E-state index is 0.947. The highest BCUT2D eigenvalue weighted by molar-refractivity contribution is 7.13. The van der Waals surface area contributed by atoms with Gasteiger partial charge in [-0.25, -0.2) is 4.98 Å². The maximum Gasteiger partial charge on any atom is 0.175 e. The first kappa shape index (κ1) is 17.3. The van der Waals surface area contributed by atoms with Crippen molar-refractivity contribution in [2.45, 2.75) is 26.3 Å². The predicted octanol–water partition coefficient (Wildman–Crippen LogP) is 3.30. The molecular formula is C19H26N6S. The number of hydrogen-bond donors (Lipinski definition) is 0. The molecule has 3 aromatic rings. The normalized spacial score (nSPS) is 14.7. The molecule has 7 heteroatoms. The molecule has 138 valence electrons. The lowest BCUT2D eigenvalue weighted by molar-refractivity contribution is 0.403. The molecule has 3 aromatic heterocycles. The lowest BCUT2D eigenvalue weighted by Crippen LogP contribution is -2.20. The number of aryl methyl sites for hydroxylation is 1. The Morgan fingerprint density at radius 1 is 1.23 bits per heavy atom. The highest BCUT2D eigenvalue weighted by atomic mass is 32.1. The minimum Gasteiger partial charge on any atom is -0.353 e. The highest BCUT2D eigenvalue weighted by Gasteiger charge is 2.24. The topological polar surface area (TPSA) is 42.1 Å². The van der Waals surface area contributed by atoms with Gasteiger partial charge in [0.2, 0.25) is 0 Å². The first-order valence-electron chi connectivity index (χ1n) is 9.09. The van der Waals surface area contributed by atoms with Crippen molar-refractivity contribution in [2.24, 2.45) is 7.05 Å². The van der Waals surface area contributed by atoms with Gasteiger partial charge < -0.3 is 9.80 Å². The summed E-state index contributed by atoms with van der Waals surface area (Å²) in [7, 11) is 6.22. The average Bonchev–Trinajstić information content (AvgIpc) is 3.35. The molecule has 0 amide bonds. The smallest absolute Gasteiger partial charge is 0.175 e. The van der Waals surface area contributed by atoms with Gasteiger partial charge in [-0.05, 0) is 50.9 Å². The summed E-state index contributed by atoms with van der Waals surface area (Å²) in [5.41, 5.74) is 3.65. The highest BCUT2D eigenvalue weighted by Crippen LogP contribution is 2.34. The van der Waals surface area contributed by atoms with Crippen molar-refractivity contribution in [1.82, 2.24) is 24.2 Å². The monoisotopic (exact) mass is 370 g/mol. The summed E-state index contributed by atoms with van der Waals surface area (Å²) in [6.07, 6.45) is 6.43. The van der Waals surface area contributed by atoms with E-state index in [1.54, 1.807) is 11.3 Å². The van der Waals surface area contributed by atoms with E-state index in [0.29, 0.717) is 0 Å². The van der Waals surface area contributed by atoms with Crippen LogP contribution in [0.4, 0.5) is 5.82 Å². The van der Waals surface area contributed by atoms with Crippen molar-refractivity contribution in [3.05, 3.63) is 35.1 Å². The SMILES string of the molecule is Cc1c(-n2ccnc2-c2cc(CN(C)C)cs2)c(N2CCCC2)nn1C. The summed E-state index contributed by atoms with van der Waals surface area (Å²) in [5.74, 6) is 2.07. The van der Waals surface area contributed by atoms with Gasteiger partial charge in [-0.15, -0.1) is 11.3 Å². The second-order valence-corrected chi connectivity index (χ2v) is 8.16. The van der Waals surface area contributed by atoms with E-state index in [0.717, 1.165) is 42.7 Å². The Labute approximate surface area is 158 Å². The molecule has 0 spiro atoms. The van der Waals surface area contributed by atoms with Gasteiger partial charge in [0, 0.05) is 39.1 Å². The molecule has 0 saturated carbocycles. The van der Waals surface area contributed by atoms with Crippen LogP contribution in [0.1, 0.15) is 24.1 Å². The number of nitrogens with zero attached hydrogens (tertiary/aromatic N) is 6. The largest absolute Gasteiger partial charge is 0.353 e. The van der Waals surface area contributed by atoms with Gasteiger partial charge in [0.1, 0.15) is 5.69 Å². The summed E-state index contributed by atoms with van der Waals surface area (Å²) >= 11 is 1.76. The zero-order valence-corrected chi connectivity index (χ0v) is 16.8. The summed E-state index contributed by atoms with van der Waals surface area (Å²) in [5, 5.41) is 7.05. The molecule has 6 nitrogen and oxygen atoms in total. The van der Waals surface area contributed by atoms with Crippen LogP contribution < -0.4 is 4.90 Å². The first-order valence-corrected chi connectivity index (χ1v) is 9.97. The van der Waals surface area contributed by atoms with Crippen molar-refractivity contribution in [3.8, 4) is 16.4 Å². The molecule has 1 saturated heterocycles. The van der Waals surface area contributed by atoms with Gasteiger partial charge in [-0.1, -0.05) is 0 Å². The standard InChI is InChI=1S/C19H26N6S/c1-14-17(19(21-23(14)4)24-8-5-6-9-24)25-10-7-20-18(25)16-11-15(13-26-16)12-22(2)3/h7,10-11,13H,5-6,8-9,12H2,1-4H3. The average molecular weight is 371 g/mol. The van der Waals surface area contributed by atoms with Gasteiger partial charge >= 0.3 is 0 Å². The van der Waals surface area contributed by atoms with Crippen molar-refractivity contribution < 1.29 is 0 Å². The summed E-state index contributed by atoms with van der Waals surface area (Å²) < 4.78 is 4.19. The Morgan fingerprint density at radius 2 is 2.00 bits per heavy atom. The Morgan fingerprint density at radius 3 is 2.73 bits per heavy atom. The molecule has 1 fully saturated rings. The minimum absolute atomic E-state index is 0.947. The maximum atomic E-state index is 4.82. The van der Waals surface area contributed by atoms with Crippen molar-refractivity contribution in [3.63, 3.8) is 0 Å². The lowest BCUT2D eigenvalue weighted by atomic mass is 10.3. The second-order valence-electron chi connectivity index (χ2n) is 7.25. The third kappa shape index (κ3) is 3.05. The van der Waals surface area contributed by atoms with Gasteiger partial charge in [0.15, 0.2) is 11.6 Å². The molecule has 0 bridgehead atoms. The molecule has 0 aromatic carbocycles. The van der Waals surface area contributed by atoms with Crippen LogP contribution in [-0.2, 0) is 13.6 Å². The van der Waals surface area contributed by atoms with E-state index in [4.69, 9.17) is 5.10 Å². The molecule has 0 unspecified atom stereocenters. The van der Waals surface area contributed by atoms with E-state index in [9.17, 15) is 0 Å². The molecule has 4 rings (SSSR count). The van der Waals surface area contributed by atoms with Crippen LogP contribution in [0.15, 0.2) is 23.8 Å². The van der Waals surface area contributed by atoms with Crippen molar-refractivity contribution in [1.29, 1.82) is 0 Å². The fourth-order valence-electron chi connectivity index (χ4n) is 3.61. The van der Waals surface area contributed by atoms with E-state index in [2.05, 4.69) is 58.0 Å². The van der Waals surface area contributed by atoms with E-state index < -0.39 is 0 Å². The molecule has 1 aliphatic heterocycles. The molecule has 0 atom stereocenters. The fraction of sp³-hybridized carbons (Fsp3) is 0.474. The molecule has 0 radical (unpaired) electrons. The van der Waals surface area contributed by atoms with Crippen LogP contribution in [0.3, 0.4) is 0 Å². The molecule has 0 N–H and O–H groups in total. The van der Waals surface area contributed by atoms with Crippen LogP contribution in [0.25, 0.3) is 16.4 Å².